The van der Waals surface area contributed by atoms with Gasteiger partial charge in [-0.25, -0.2) is 4.98 Å². The fourth-order valence-electron chi connectivity index (χ4n) is 2.83. The molecule has 4 rings (SSSR count). The number of aliphatic hydroxyl groups excluding tert-OH is 1. The third-order valence-corrected chi connectivity index (χ3v) is 3.98. The second-order valence-electron chi connectivity index (χ2n) is 5.51. The number of hydrogen-bond acceptors (Lipinski definition) is 5. The molecule has 2 unspecified atom stereocenters. The highest BCUT2D eigenvalue weighted by molar-refractivity contribution is 5.85. The minimum atomic E-state index is -0.109. The van der Waals surface area contributed by atoms with E-state index in [0.717, 1.165) is 35.4 Å². The van der Waals surface area contributed by atoms with Crippen LogP contribution in [0.3, 0.4) is 0 Å². The predicted octanol–water partition coefficient (Wildman–Crippen LogP) is 2.31. The average molecular weight is 292 g/mol. The molecule has 2 aliphatic rings. The van der Waals surface area contributed by atoms with Gasteiger partial charge < -0.3 is 10.4 Å². The van der Waals surface area contributed by atoms with Crippen molar-refractivity contribution in [1.82, 2.24) is 15.3 Å². The lowest BCUT2D eigenvalue weighted by molar-refractivity contribution is 0.350. The molecule has 22 heavy (non-hydrogen) atoms. The maximum Gasteiger partial charge on any atom is 0.117 e. The minimum absolute atomic E-state index is 0.00249. The first-order valence-corrected chi connectivity index (χ1v) is 7.41. The van der Waals surface area contributed by atoms with Gasteiger partial charge in [-0.2, -0.15) is 0 Å². The van der Waals surface area contributed by atoms with E-state index < -0.39 is 0 Å². The van der Waals surface area contributed by atoms with Crippen LogP contribution in [0, 0.1) is 0 Å². The molecule has 0 bridgehead atoms. The van der Waals surface area contributed by atoms with Crippen molar-refractivity contribution in [2.24, 2.45) is 4.99 Å². The molecule has 2 atom stereocenters. The fourth-order valence-corrected chi connectivity index (χ4v) is 2.83. The van der Waals surface area contributed by atoms with Crippen LogP contribution in [0.5, 0.6) is 0 Å². The van der Waals surface area contributed by atoms with Crippen molar-refractivity contribution in [3.05, 3.63) is 60.1 Å². The van der Waals surface area contributed by atoms with E-state index in [-0.39, 0.29) is 12.1 Å². The molecule has 1 aliphatic carbocycles. The van der Waals surface area contributed by atoms with E-state index in [1.54, 1.807) is 6.08 Å². The number of aromatic nitrogens is 2. The quantitative estimate of drug-likeness (QED) is 0.910. The van der Waals surface area contributed by atoms with Crippen molar-refractivity contribution < 1.29 is 5.11 Å². The molecule has 0 radical (unpaired) electrons. The highest BCUT2D eigenvalue weighted by atomic mass is 16.3. The third-order valence-electron chi connectivity index (χ3n) is 3.98. The Morgan fingerprint density at radius 1 is 1.14 bits per heavy atom. The first-order valence-electron chi connectivity index (χ1n) is 7.41. The van der Waals surface area contributed by atoms with Gasteiger partial charge >= 0.3 is 0 Å². The number of aliphatic hydroxyl groups is 1. The summed E-state index contributed by atoms with van der Waals surface area (Å²) in [5.74, 6) is 1.26. The van der Waals surface area contributed by atoms with Crippen molar-refractivity contribution >= 4 is 16.9 Å². The molecule has 5 heteroatoms. The Morgan fingerprint density at radius 3 is 2.86 bits per heavy atom. The number of fused-ring (bicyclic) bond motifs is 2. The number of aliphatic imine (C=N–C) groups is 1. The van der Waals surface area contributed by atoms with Gasteiger partial charge in [0.05, 0.1) is 28.6 Å². The van der Waals surface area contributed by atoms with E-state index in [1.165, 1.54) is 0 Å². The van der Waals surface area contributed by atoms with Crippen molar-refractivity contribution in [2.75, 3.05) is 0 Å². The number of benzene rings is 1. The summed E-state index contributed by atoms with van der Waals surface area (Å²) in [7, 11) is 0. The van der Waals surface area contributed by atoms with Gasteiger partial charge in [-0.15, -0.1) is 0 Å². The van der Waals surface area contributed by atoms with Crippen molar-refractivity contribution in [2.45, 2.75) is 24.9 Å². The third kappa shape index (κ3) is 2.35. The molecular formula is C17H16N4O. The van der Waals surface area contributed by atoms with Gasteiger partial charge in [-0.05, 0) is 24.6 Å². The summed E-state index contributed by atoms with van der Waals surface area (Å²) in [6.07, 6.45) is 8.92. The van der Waals surface area contributed by atoms with Crippen molar-refractivity contribution in [3.63, 3.8) is 0 Å². The van der Waals surface area contributed by atoms with E-state index in [9.17, 15) is 5.11 Å². The molecule has 0 fully saturated rings. The van der Waals surface area contributed by atoms with E-state index in [2.05, 4.69) is 20.3 Å². The lowest BCUT2D eigenvalue weighted by Crippen LogP contribution is -2.36. The van der Waals surface area contributed by atoms with E-state index in [0.29, 0.717) is 5.76 Å². The molecule has 0 amide bonds. The molecule has 2 heterocycles. The Hall–Kier alpha value is -2.69. The van der Waals surface area contributed by atoms with Gasteiger partial charge in [0.25, 0.3) is 0 Å². The number of allylic oxidation sites excluding steroid dienone is 2. The Labute approximate surface area is 128 Å². The monoisotopic (exact) mass is 292 g/mol. The average Bonchev–Trinajstić information content (AvgIpc) is 2.97. The van der Waals surface area contributed by atoms with Crippen molar-refractivity contribution in [3.8, 4) is 0 Å². The van der Waals surface area contributed by atoms with Crippen LogP contribution in [0.1, 0.15) is 12.1 Å². The molecule has 1 aliphatic heterocycles. The summed E-state index contributed by atoms with van der Waals surface area (Å²) in [6, 6.07) is 7.75. The Balaban J connectivity index is 1.46. The number of nitrogens with one attached hydrogen (secondary N) is 1. The molecule has 1 aromatic heterocycles. The number of rotatable bonds is 3. The van der Waals surface area contributed by atoms with Gasteiger partial charge in [0, 0.05) is 12.6 Å². The molecule has 2 aromatic rings. The molecule has 0 spiro atoms. The zero-order valence-corrected chi connectivity index (χ0v) is 12.0. The summed E-state index contributed by atoms with van der Waals surface area (Å²) >= 11 is 0. The van der Waals surface area contributed by atoms with Crippen LogP contribution < -0.4 is 5.32 Å². The largest absolute Gasteiger partial charge is 0.510 e. The Kier molecular flexibility index (Phi) is 3.11. The summed E-state index contributed by atoms with van der Waals surface area (Å²) in [4.78, 5) is 13.7. The summed E-state index contributed by atoms with van der Waals surface area (Å²) in [6.45, 7) is 0. The second-order valence-corrected chi connectivity index (χ2v) is 5.51. The molecule has 0 saturated carbocycles. The smallest absolute Gasteiger partial charge is 0.117 e. The topological polar surface area (TPSA) is 70.4 Å². The molecule has 1 aromatic carbocycles. The van der Waals surface area contributed by atoms with Crippen LogP contribution in [-0.4, -0.2) is 33.0 Å². The summed E-state index contributed by atoms with van der Waals surface area (Å²) in [5.41, 5.74) is 2.78. The summed E-state index contributed by atoms with van der Waals surface area (Å²) < 4.78 is 0. The van der Waals surface area contributed by atoms with Crippen LogP contribution in [0.25, 0.3) is 11.0 Å². The molecule has 5 nitrogen and oxygen atoms in total. The first-order chi connectivity index (χ1) is 10.8. The second kappa shape index (κ2) is 5.26. The number of aryl methyl sites for hydroxylation is 1. The first kappa shape index (κ1) is 13.0. The maximum absolute atomic E-state index is 9.85. The van der Waals surface area contributed by atoms with Crippen LogP contribution >= 0.6 is 0 Å². The number of nitrogens with zero attached hydrogens (tertiary/aromatic N) is 3. The van der Waals surface area contributed by atoms with Crippen LogP contribution in [0.15, 0.2) is 59.4 Å². The predicted molar refractivity (Wildman–Crippen MR) is 85.9 cm³/mol. The Morgan fingerprint density at radius 2 is 2.00 bits per heavy atom. The van der Waals surface area contributed by atoms with Gasteiger partial charge in [0.15, 0.2) is 0 Å². The molecule has 2 N–H and O–H groups in total. The van der Waals surface area contributed by atoms with Gasteiger partial charge in [0.1, 0.15) is 11.8 Å². The van der Waals surface area contributed by atoms with E-state index in [4.69, 9.17) is 0 Å². The number of amidine groups is 1. The standard InChI is InChI=1S/C17H16N4O/c22-15-7-3-6-14-17(15)21-16(20-14)9-8-11-10-18-12-4-1-2-5-13(12)19-11/h1-7,10,14,17,22H,8-9H2,(H,20,21). The zero-order valence-electron chi connectivity index (χ0n) is 12.0. The maximum atomic E-state index is 9.85. The van der Waals surface area contributed by atoms with Gasteiger partial charge in [-0.3, -0.25) is 9.98 Å². The SMILES string of the molecule is OC1=CC=CC2N=C(CCc3cnc4ccccc4n3)NC12. The van der Waals surface area contributed by atoms with E-state index >= 15 is 0 Å². The van der Waals surface area contributed by atoms with E-state index in [1.807, 2.05) is 42.6 Å². The minimum Gasteiger partial charge on any atom is -0.510 e. The Bertz CT molecular complexity index is 809. The molecule has 110 valence electrons. The lowest BCUT2D eigenvalue weighted by Gasteiger charge is -2.17. The number of hydrogen-bond donors (Lipinski definition) is 2. The number of para-hydroxylation sites is 2. The van der Waals surface area contributed by atoms with Crippen molar-refractivity contribution in [1.29, 1.82) is 0 Å². The van der Waals surface area contributed by atoms with Crippen LogP contribution in [0.2, 0.25) is 0 Å². The highest BCUT2D eigenvalue weighted by Gasteiger charge is 2.30. The van der Waals surface area contributed by atoms with Gasteiger partial charge in [-0.1, -0.05) is 24.3 Å². The highest BCUT2D eigenvalue weighted by Crippen LogP contribution is 2.20. The summed E-state index contributed by atoms with van der Waals surface area (Å²) in [5, 5.41) is 13.1. The van der Waals surface area contributed by atoms with Gasteiger partial charge in [0.2, 0.25) is 0 Å². The molecule has 0 saturated heterocycles. The van der Waals surface area contributed by atoms with Crippen LogP contribution in [0.4, 0.5) is 0 Å². The normalized spacial score (nSPS) is 22.9. The lowest BCUT2D eigenvalue weighted by atomic mass is 10.0. The zero-order chi connectivity index (χ0) is 14.9. The molecular weight excluding hydrogens is 276 g/mol. The fraction of sp³-hybridized carbons (Fsp3) is 0.235. The van der Waals surface area contributed by atoms with Crippen LogP contribution in [-0.2, 0) is 6.42 Å².